The number of amides is 1. The lowest BCUT2D eigenvalue weighted by Crippen LogP contribution is -2.23. The Hall–Kier alpha value is -2.34. The van der Waals surface area contributed by atoms with E-state index in [-0.39, 0.29) is 10.8 Å². The van der Waals surface area contributed by atoms with Gasteiger partial charge in [0.1, 0.15) is 0 Å². The molecule has 0 unspecified atom stereocenters. The number of para-hydroxylation sites is 1. The topological polar surface area (TPSA) is 66.5 Å². The molecule has 1 saturated heterocycles. The van der Waals surface area contributed by atoms with E-state index in [0.29, 0.717) is 18.7 Å². The van der Waals surface area contributed by atoms with Crippen LogP contribution in [-0.4, -0.2) is 20.9 Å². The molecule has 0 saturated carbocycles. The zero-order valence-corrected chi connectivity index (χ0v) is 15.3. The van der Waals surface area contributed by atoms with E-state index in [1.807, 2.05) is 32.0 Å². The first-order valence-electron chi connectivity index (χ1n) is 8.44. The smallest absolute Gasteiger partial charge is 0.261 e. The van der Waals surface area contributed by atoms with Gasteiger partial charge in [0.15, 0.2) is 0 Å². The molecule has 132 valence electrons. The van der Waals surface area contributed by atoms with E-state index in [1.54, 1.807) is 29.2 Å². The SMILES string of the molecule is CCc1cccc(C)c1NS(=O)(=O)c1ccc(N2CCCC2=O)cc1. The van der Waals surface area contributed by atoms with Crippen LogP contribution in [0.3, 0.4) is 0 Å². The molecule has 5 nitrogen and oxygen atoms in total. The van der Waals surface area contributed by atoms with E-state index in [0.717, 1.165) is 29.7 Å². The fourth-order valence-electron chi connectivity index (χ4n) is 3.09. The molecule has 25 heavy (non-hydrogen) atoms. The third-order valence-electron chi connectivity index (χ3n) is 4.51. The Balaban J connectivity index is 1.87. The number of sulfonamides is 1. The number of nitrogens with zero attached hydrogens (tertiary/aromatic N) is 1. The molecule has 6 heteroatoms. The molecular weight excluding hydrogens is 336 g/mol. The second kappa shape index (κ2) is 6.88. The lowest BCUT2D eigenvalue weighted by molar-refractivity contribution is -0.117. The summed E-state index contributed by atoms with van der Waals surface area (Å²) in [7, 11) is -3.68. The minimum atomic E-state index is -3.68. The van der Waals surface area contributed by atoms with Crippen molar-refractivity contribution >= 4 is 27.3 Å². The molecule has 2 aromatic carbocycles. The molecule has 1 aliphatic heterocycles. The predicted octanol–water partition coefficient (Wildman–Crippen LogP) is 3.49. The van der Waals surface area contributed by atoms with Gasteiger partial charge in [0, 0.05) is 18.7 Å². The van der Waals surface area contributed by atoms with E-state index in [1.165, 1.54) is 0 Å². The summed E-state index contributed by atoms with van der Waals surface area (Å²) in [4.78, 5) is 13.7. The van der Waals surface area contributed by atoms with E-state index in [2.05, 4.69) is 4.72 Å². The van der Waals surface area contributed by atoms with Crippen molar-refractivity contribution in [2.24, 2.45) is 0 Å². The van der Waals surface area contributed by atoms with Crippen LogP contribution in [0.4, 0.5) is 11.4 Å². The molecule has 0 radical (unpaired) electrons. The van der Waals surface area contributed by atoms with Gasteiger partial charge in [-0.1, -0.05) is 25.1 Å². The molecule has 1 fully saturated rings. The number of carbonyl (C=O) groups is 1. The summed E-state index contributed by atoms with van der Waals surface area (Å²) < 4.78 is 28.2. The average Bonchev–Trinajstić information content (AvgIpc) is 3.03. The van der Waals surface area contributed by atoms with E-state index < -0.39 is 10.0 Å². The number of rotatable bonds is 5. The number of nitrogens with one attached hydrogen (secondary N) is 1. The van der Waals surface area contributed by atoms with Gasteiger partial charge in [-0.25, -0.2) is 8.42 Å². The van der Waals surface area contributed by atoms with Crippen molar-refractivity contribution in [3.05, 3.63) is 53.6 Å². The van der Waals surface area contributed by atoms with Gasteiger partial charge in [0.25, 0.3) is 10.0 Å². The van der Waals surface area contributed by atoms with Gasteiger partial charge >= 0.3 is 0 Å². The van der Waals surface area contributed by atoms with Crippen molar-refractivity contribution in [3.63, 3.8) is 0 Å². The van der Waals surface area contributed by atoms with Crippen LogP contribution in [0.5, 0.6) is 0 Å². The number of carbonyl (C=O) groups excluding carboxylic acids is 1. The lowest BCUT2D eigenvalue weighted by atomic mass is 10.1. The monoisotopic (exact) mass is 358 g/mol. The highest BCUT2D eigenvalue weighted by Crippen LogP contribution is 2.27. The van der Waals surface area contributed by atoms with Gasteiger partial charge in [-0.05, 0) is 55.2 Å². The maximum absolute atomic E-state index is 12.7. The normalized spacial score (nSPS) is 14.8. The van der Waals surface area contributed by atoms with Crippen LogP contribution in [-0.2, 0) is 21.2 Å². The van der Waals surface area contributed by atoms with Gasteiger partial charge in [-0.2, -0.15) is 0 Å². The molecule has 1 N–H and O–H groups in total. The van der Waals surface area contributed by atoms with E-state index >= 15 is 0 Å². The third-order valence-corrected chi connectivity index (χ3v) is 5.87. The molecule has 0 aliphatic carbocycles. The van der Waals surface area contributed by atoms with Crippen LogP contribution in [0.2, 0.25) is 0 Å². The van der Waals surface area contributed by atoms with Crippen molar-refractivity contribution < 1.29 is 13.2 Å². The minimum absolute atomic E-state index is 0.0845. The van der Waals surface area contributed by atoms with Crippen molar-refractivity contribution in [1.82, 2.24) is 0 Å². The van der Waals surface area contributed by atoms with Crippen LogP contribution >= 0.6 is 0 Å². The number of anilines is 2. The molecule has 1 heterocycles. The fourth-order valence-corrected chi connectivity index (χ4v) is 4.26. The summed E-state index contributed by atoms with van der Waals surface area (Å²) in [5, 5.41) is 0. The summed E-state index contributed by atoms with van der Waals surface area (Å²) >= 11 is 0. The predicted molar refractivity (Wildman–Crippen MR) is 99.4 cm³/mol. The molecular formula is C19H22N2O3S. The highest BCUT2D eigenvalue weighted by molar-refractivity contribution is 7.92. The Morgan fingerprint density at radius 1 is 1.12 bits per heavy atom. The second-order valence-corrected chi connectivity index (χ2v) is 7.89. The van der Waals surface area contributed by atoms with Gasteiger partial charge < -0.3 is 4.90 Å². The first-order chi connectivity index (χ1) is 11.9. The molecule has 1 aliphatic rings. The Bertz CT molecular complexity index is 889. The summed E-state index contributed by atoms with van der Waals surface area (Å²) in [6.07, 6.45) is 2.14. The number of aryl methyl sites for hydroxylation is 2. The van der Waals surface area contributed by atoms with Gasteiger partial charge in [-0.15, -0.1) is 0 Å². The molecule has 0 spiro atoms. The highest BCUT2D eigenvalue weighted by atomic mass is 32.2. The van der Waals surface area contributed by atoms with Crippen LogP contribution in [0, 0.1) is 6.92 Å². The first-order valence-corrected chi connectivity index (χ1v) is 9.92. The average molecular weight is 358 g/mol. The van der Waals surface area contributed by atoms with Crippen LogP contribution in [0.15, 0.2) is 47.4 Å². The van der Waals surface area contributed by atoms with Crippen molar-refractivity contribution in [1.29, 1.82) is 0 Å². The third kappa shape index (κ3) is 3.54. The summed E-state index contributed by atoms with van der Waals surface area (Å²) in [6, 6.07) is 12.2. The highest BCUT2D eigenvalue weighted by Gasteiger charge is 2.23. The number of benzene rings is 2. The minimum Gasteiger partial charge on any atom is -0.312 e. The summed E-state index contributed by atoms with van der Waals surface area (Å²) in [6.45, 7) is 4.57. The Morgan fingerprint density at radius 3 is 2.44 bits per heavy atom. The molecule has 0 aromatic heterocycles. The molecule has 3 rings (SSSR count). The molecule has 0 atom stereocenters. The Kier molecular flexibility index (Phi) is 4.81. The maximum Gasteiger partial charge on any atom is 0.261 e. The van der Waals surface area contributed by atoms with Crippen LogP contribution in [0.25, 0.3) is 0 Å². The summed E-state index contributed by atoms with van der Waals surface area (Å²) in [5.41, 5.74) is 3.24. The fraction of sp³-hybridized carbons (Fsp3) is 0.316. The number of hydrogen-bond acceptors (Lipinski definition) is 3. The van der Waals surface area contributed by atoms with Gasteiger partial charge in [0.2, 0.25) is 5.91 Å². The summed E-state index contributed by atoms with van der Waals surface area (Å²) in [5.74, 6) is 0.0845. The maximum atomic E-state index is 12.7. The van der Waals surface area contributed by atoms with Gasteiger partial charge in [-0.3, -0.25) is 9.52 Å². The van der Waals surface area contributed by atoms with Crippen molar-refractivity contribution in [2.45, 2.75) is 38.0 Å². The lowest BCUT2D eigenvalue weighted by Gasteiger charge is -2.17. The molecule has 0 bridgehead atoms. The Morgan fingerprint density at radius 2 is 1.84 bits per heavy atom. The van der Waals surface area contributed by atoms with Gasteiger partial charge in [0.05, 0.1) is 10.6 Å². The molecule has 1 amide bonds. The standard InChI is InChI=1S/C19H22N2O3S/c1-3-15-7-4-6-14(2)19(15)20-25(23,24)17-11-9-16(10-12-17)21-13-5-8-18(21)22/h4,6-7,9-12,20H,3,5,8,13H2,1-2H3. The van der Waals surface area contributed by atoms with Crippen LogP contribution < -0.4 is 9.62 Å². The second-order valence-electron chi connectivity index (χ2n) is 6.21. The number of hydrogen-bond donors (Lipinski definition) is 1. The largest absolute Gasteiger partial charge is 0.312 e. The zero-order valence-electron chi connectivity index (χ0n) is 14.5. The molecule has 2 aromatic rings. The van der Waals surface area contributed by atoms with E-state index in [9.17, 15) is 13.2 Å². The quantitative estimate of drug-likeness (QED) is 0.890. The first kappa shape index (κ1) is 17.5. The Labute approximate surface area is 148 Å². The van der Waals surface area contributed by atoms with Crippen molar-refractivity contribution in [3.8, 4) is 0 Å². The van der Waals surface area contributed by atoms with Crippen LogP contribution in [0.1, 0.15) is 30.9 Å². The van der Waals surface area contributed by atoms with Crippen molar-refractivity contribution in [2.75, 3.05) is 16.2 Å². The van der Waals surface area contributed by atoms with E-state index in [4.69, 9.17) is 0 Å². The zero-order chi connectivity index (χ0) is 18.0.